The number of hydrogen-bond acceptors (Lipinski definition) is 2. The van der Waals surface area contributed by atoms with Gasteiger partial charge < -0.3 is 10.4 Å². The van der Waals surface area contributed by atoms with E-state index in [4.69, 9.17) is 16.7 Å². The lowest BCUT2D eigenvalue weighted by Gasteiger charge is -2.19. The fraction of sp³-hybridized carbons (Fsp3) is 0.423. The van der Waals surface area contributed by atoms with Crippen LogP contribution in [0.2, 0.25) is 5.02 Å². The van der Waals surface area contributed by atoms with Crippen molar-refractivity contribution in [1.29, 1.82) is 0 Å². The largest absolute Gasteiger partial charge is 0.481 e. The van der Waals surface area contributed by atoms with Gasteiger partial charge in [-0.25, -0.2) is 0 Å². The second-order valence-electron chi connectivity index (χ2n) is 7.18. The maximum Gasteiger partial charge on any atom is 0.306 e. The summed E-state index contributed by atoms with van der Waals surface area (Å²) in [6.07, 6.45) is 10.9. The van der Waals surface area contributed by atoms with Crippen molar-refractivity contribution in [3.8, 4) is 12.8 Å². The molecule has 0 aromatic heterocycles. The predicted octanol–water partition coefficient (Wildman–Crippen LogP) is 7.53. The summed E-state index contributed by atoms with van der Waals surface area (Å²) in [4.78, 5) is 9.98. The van der Waals surface area contributed by atoms with Crippen LogP contribution < -0.4 is 5.32 Å². The molecule has 0 radical (unpaired) electrons. The van der Waals surface area contributed by atoms with Crippen molar-refractivity contribution in [3.63, 3.8) is 0 Å². The summed E-state index contributed by atoms with van der Waals surface area (Å²) in [7, 11) is 0. The number of nitrogens with one attached hydrogen (secondary N) is 1. The van der Waals surface area contributed by atoms with Crippen molar-refractivity contribution in [2.45, 2.75) is 66.3 Å². The van der Waals surface area contributed by atoms with Crippen LogP contribution in [-0.2, 0) is 11.3 Å². The van der Waals surface area contributed by atoms with E-state index in [0.29, 0.717) is 5.92 Å². The molecule has 1 aliphatic rings. The Labute approximate surface area is 187 Å². The minimum Gasteiger partial charge on any atom is -0.481 e. The Balaban J connectivity index is 0.000000636. The lowest BCUT2D eigenvalue weighted by Crippen LogP contribution is -2.20. The van der Waals surface area contributed by atoms with Crippen LogP contribution in [0.4, 0.5) is 5.69 Å². The number of halogens is 1. The number of carbonyl (C=O) groups is 1. The zero-order valence-corrected chi connectivity index (χ0v) is 19.7. The van der Waals surface area contributed by atoms with Gasteiger partial charge in [0.2, 0.25) is 0 Å². The van der Waals surface area contributed by atoms with Gasteiger partial charge in [0.25, 0.3) is 0 Å². The van der Waals surface area contributed by atoms with Gasteiger partial charge in [0, 0.05) is 17.3 Å². The first kappa shape index (κ1) is 27.6. The smallest absolute Gasteiger partial charge is 0.306 e. The van der Waals surface area contributed by atoms with E-state index in [1.54, 1.807) is 0 Å². The fourth-order valence-corrected chi connectivity index (χ4v) is 2.80. The highest BCUT2D eigenvalue weighted by Crippen LogP contribution is 2.25. The Hall–Kier alpha value is -2.44. The van der Waals surface area contributed by atoms with Crippen LogP contribution in [0.15, 0.2) is 42.5 Å². The van der Waals surface area contributed by atoms with Gasteiger partial charge in [-0.1, -0.05) is 70.0 Å². The third-order valence-corrected chi connectivity index (χ3v) is 5.15. The Morgan fingerprint density at radius 1 is 1.17 bits per heavy atom. The average Bonchev–Trinajstić information content (AvgIpc) is 2.71. The van der Waals surface area contributed by atoms with Gasteiger partial charge in [-0.2, -0.15) is 0 Å². The molecule has 0 bridgehead atoms. The first-order valence-corrected chi connectivity index (χ1v) is 10.9. The molecule has 0 spiro atoms. The van der Waals surface area contributed by atoms with Crippen LogP contribution in [0.1, 0.15) is 69.6 Å². The molecular weight excluding hydrogens is 394 g/mol. The maximum absolute atomic E-state index is 9.98. The highest BCUT2D eigenvalue weighted by atomic mass is 35.5. The second kappa shape index (κ2) is 15.4. The molecule has 30 heavy (non-hydrogen) atoms. The lowest BCUT2D eigenvalue weighted by atomic mass is 9.86. The van der Waals surface area contributed by atoms with Crippen molar-refractivity contribution in [3.05, 3.63) is 64.2 Å². The summed E-state index contributed by atoms with van der Waals surface area (Å²) >= 11 is 6.03. The van der Waals surface area contributed by atoms with Crippen molar-refractivity contribution in [1.82, 2.24) is 0 Å². The Kier molecular flexibility index (Phi) is 14.2. The van der Waals surface area contributed by atoms with E-state index in [0.717, 1.165) is 36.4 Å². The number of aryl methyl sites for hydroxylation is 1. The number of rotatable bonds is 5. The van der Waals surface area contributed by atoms with E-state index in [-0.39, 0.29) is 5.92 Å². The van der Waals surface area contributed by atoms with Crippen LogP contribution in [0.25, 0.3) is 0 Å². The minimum atomic E-state index is -0.619. The highest BCUT2D eigenvalue weighted by molar-refractivity contribution is 6.31. The topological polar surface area (TPSA) is 49.3 Å². The summed E-state index contributed by atoms with van der Waals surface area (Å²) in [6, 6.07) is 14.7. The highest BCUT2D eigenvalue weighted by Gasteiger charge is 2.23. The van der Waals surface area contributed by atoms with E-state index in [9.17, 15) is 4.79 Å². The van der Waals surface area contributed by atoms with Crippen LogP contribution in [0, 0.1) is 25.7 Å². The van der Waals surface area contributed by atoms with Gasteiger partial charge in [-0.05, 0) is 60.6 Å². The summed E-state index contributed by atoms with van der Waals surface area (Å²) in [6.45, 7) is 11.3. The van der Waals surface area contributed by atoms with E-state index < -0.39 is 5.97 Å². The van der Waals surface area contributed by atoms with Crippen molar-refractivity contribution in [2.75, 3.05) is 5.32 Å². The van der Waals surface area contributed by atoms with Gasteiger partial charge >= 0.3 is 5.97 Å². The molecule has 3 rings (SSSR count). The monoisotopic (exact) mass is 429 g/mol. The molecule has 0 atom stereocenters. The maximum atomic E-state index is 9.98. The number of carboxylic acids is 1. The molecule has 0 amide bonds. The number of anilines is 1. The van der Waals surface area contributed by atoms with E-state index in [1.165, 1.54) is 16.8 Å². The molecule has 0 unspecified atom stereocenters. The van der Waals surface area contributed by atoms with Crippen LogP contribution in [0.3, 0.4) is 0 Å². The van der Waals surface area contributed by atoms with E-state index in [2.05, 4.69) is 68.4 Å². The molecular formula is C26H36ClNO2. The molecule has 164 valence electrons. The average molecular weight is 430 g/mol. The van der Waals surface area contributed by atoms with E-state index >= 15 is 0 Å². The molecule has 2 aromatic rings. The SMILES string of the molecule is C#C.CC.Cc1cc(CNc2cccc(C(C)C)c2)ccc1Cl.O=C(O)C1CCC1. The molecule has 1 saturated carbocycles. The third kappa shape index (κ3) is 9.85. The molecule has 2 aromatic carbocycles. The summed E-state index contributed by atoms with van der Waals surface area (Å²) in [5, 5.41) is 12.5. The standard InChI is InChI=1S/C17H20ClN.C5H8O2.C2H6.C2H2/c1-12(2)15-5-4-6-16(10-15)19-11-14-7-8-17(18)13(3)9-14;6-5(7)4-2-1-3-4;2*1-2/h4-10,12,19H,11H2,1-3H3;4H,1-3H2,(H,6,7);1-2H3;1-2H. The second-order valence-corrected chi connectivity index (χ2v) is 7.59. The van der Waals surface area contributed by atoms with Crippen LogP contribution >= 0.6 is 11.6 Å². The summed E-state index contributed by atoms with van der Waals surface area (Å²) < 4.78 is 0. The zero-order valence-electron chi connectivity index (χ0n) is 18.9. The van der Waals surface area contributed by atoms with Gasteiger partial charge in [-0.3, -0.25) is 4.79 Å². The summed E-state index contributed by atoms with van der Waals surface area (Å²) in [5.74, 6) is -0.0641. The Morgan fingerprint density at radius 2 is 1.80 bits per heavy atom. The molecule has 0 aliphatic heterocycles. The Bertz CT molecular complexity index is 780. The van der Waals surface area contributed by atoms with Crippen LogP contribution in [0.5, 0.6) is 0 Å². The van der Waals surface area contributed by atoms with Gasteiger partial charge in [0.15, 0.2) is 0 Å². The van der Waals surface area contributed by atoms with Crippen molar-refractivity contribution >= 4 is 23.3 Å². The number of hydrogen-bond donors (Lipinski definition) is 2. The van der Waals surface area contributed by atoms with Gasteiger partial charge in [0.1, 0.15) is 0 Å². The molecule has 4 heteroatoms. The zero-order chi connectivity index (χ0) is 23.1. The van der Waals surface area contributed by atoms with Crippen LogP contribution in [-0.4, -0.2) is 11.1 Å². The number of carboxylic acid groups (broad SMARTS) is 1. The number of aliphatic carboxylic acids is 1. The molecule has 1 fully saturated rings. The third-order valence-electron chi connectivity index (χ3n) is 4.73. The molecule has 0 heterocycles. The van der Waals surface area contributed by atoms with Crippen molar-refractivity contribution < 1.29 is 9.90 Å². The first-order chi connectivity index (χ1) is 14.4. The fourth-order valence-electron chi connectivity index (χ4n) is 2.68. The summed E-state index contributed by atoms with van der Waals surface area (Å²) in [5.41, 5.74) is 4.89. The molecule has 2 N–H and O–H groups in total. The molecule has 0 saturated heterocycles. The molecule has 3 nitrogen and oxygen atoms in total. The number of terminal acetylenes is 1. The van der Waals surface area contributed by atoms with Gasteiger partial charge in [0.05, 0.1) is 5.92 Å². The number of benzene rings is 2. The lowest BCUT2D eigenvalue weighted by molar-refractivity contribution is -0.144. The van der Waals surface area contributed by atoms with Crippen molar-refractivity contribution in [2.24, 2.45) is 5.92 Å². The first-order valence-electron chi connectivity index (χ1n) is 10.5. The molecule has 1 aliphatic carbocycles. The predicted molar refractivity (Wildman–Crippen MR) is 130 cm³/mol. The quantitative estimate of drug-likeness (QED) is 0.483. The normalized spacial score (nSPS) is 12.0. The van der Waals surface area contributed by atoms with Gasteiger partial charge in [-0.15, -0.1) is 12.8 Å². The minimum absolute atomic E-state index is 0.000000000000000444. The van der Waals surface area contributed by atoms with E-state index in [1.807, 2.05) is 26.8 Å². The Morgan fingerprint density at radius 3 is 2.23 bits per heavy atom.